The Kier molecular flexibility index (Phi) is 4.51. The maximum absolute atomic E-state index is 12.7. The molecular formula is C24H25NO4S. The second-order valence-electron chi connectivity index (χ2n) is 8.74. The van der Waals surface area contributed by atoms with E-state index >= 15 is 0 Å². The number of fused-ring (bicyclic) bond motifs is 2. The van der Waals surface area contributed by atoms with E-state index in [-0.39, 0.29) is 17.4 Å². The van der Waals surface area contributed by atoms with Gasteiger partial charge in [0, 0.05) is 36.0 Å². The van der Waals surface area contributed by atoms with Gasteiger partial charge in [0.05, 0.1) is 5.75 Å². The maximum atomic E-state index is 12.7. The Morgan fingerprint density at radius 1 is 1.07 bits per heavy atom. The summed E-state index contributed by atoms with van der Waals surface area (Å²) in [5.41, 5.74) is 3.55. The SMILES string of the molecule is Cn1cc(-c2cc(CS(C)(=O)=O)cc3c2OC(C2CC2)CC3)c2ccccc2c1=O. The highest BCUT2D eigenvalue weighted by molar-refractivity contribution is 7.89. The average Bonchev–Trinajstić information content (AvgIpc) is 3.54. The summed E-state index contributed by atoms with van der Waals surface area (Å²) in [6, 6.07) is 11.5. The van der Waals surface area contributed by atoms with E-state index in [0.29, 0.717) is 11.3 Å². The predicted molar refractivity (Wildman–Crippen MR) is 119 cm³/mol. The van der Waals surface area contributed by atoms with Gasteiger partial charge in [0.2, 0.25) is 0 Å². The van der Waals surface area contributed by atoms with Crippen molar-refractivity contribution in [1.29, 1.82) is 0 Å². The van der Waals surface area contributed by atoms with E-state index in [1.807, 2.05) is 42.6 Å². The number of nitrogens with zero attached hydrogens (tertiary/aromatic N) is 1. The molecule has 5 rings (SSSR count). The molecule has 1 aliphatic carbocycles. The van der Waals surface area contributed by atoms with E-state index in [1.54, 1.807) is 11.6 Å². The largest absolute Gasteiger partial charge is 0.489 e. The van der Waals surface area contributed by atoms with Crippen LogP contribution in [-0.2, 0) is 29.1 Å². The molecule has 1 saturated carbocycles. The van der Waals surface area contributed by atoms with Crippen LogP contribution < -0.4 is 10.3 Å². The van der Waals surface area contributed by atoms with E-state index in [9.17, 15) is 13.2 Å². The summed E-state index contributed by atoms with van der Waals surface area (Å²) in [6.07, 6.45) is 7.59. The normalized spacial score (nSPS) is 18.8. The van der Waals surface area contributed by atoms with Crippen molar-refractivity contribution >= 4 is 20.6 Å². The molecule has 2 heterocycles. The van der Waals surface area contributed by atoms with Crippen LogP contribution in [-0.4, -0.2) is 25.3 Å². The fourth-order valence-electron chi connectivity index (χ4n) is 4.60. The van der Waals surface area contributed by atoms with Crippen LogP contribution in [0.1, 0.15) is 30.4 Å². The second-order valence-corrected chi connectivity index (χ2v) is 10.9. The van der Waals surface area contributed by atoms with Gasteiger partial charge >= 0.3 is 0 Å². The van der Waals surface area contributed by atoms with Crippen LogP contribution in [0.15, 0.2) is 47.4 Å². The van der Waals surface area contributed by atoms with Gasteiger partial charge in [0.1, 0.15) is 11.9 Å². The minimum atomic E-state index is -3.17. The Balaban J connectivity index is 1.76. The summed E-state index contributed by atoms with van der Waals surface area (Å²) < 4.78 is 32.1. The zero-order valence-electron chi connectivity index (χ0n) is 17.2. The highest BCUT2D eigenvalue weighted by Crippen LogP contribution is 2.45. The van der Waals surface area contributed by atoms with Crippen molar-refractivity contribution in [3.8, 4) is 16.9 Å². The van der Waals surface area contributed by atoms with Crippen LogP contribution in [0.5, 0.6) is 5.75 Å². The Morgan fingerprint density at radius 3 is 2.50 bits per heavy atom. The second kappa shape index (κ2) is 6.98. The molecule has 0 spiro atoms. The van der Waals surface area contributed by atoms with Crippen LogP contribution in [0.4, 0.5) is 0 Å². The molecule has 0 radical (unpaired) electrons. The van der Waals surface area contributed by atoms with Crippen LogP contribution in [0.25, 0.3) is 21.9 Å². The molecule has 0 N–H and O–H groups in total. The van der Waals surface area contributed by atoms with E-state index in [4.69, 9.17) is 4.74 Å². The van der Waals surface area contributed by atoms with Gasteiger partial charge in [-0.05, 0) is 60.2 Å². The molecule has 1 unspecified atom stereocenters. The number of ether oxygens (including phenoxy) is 1. The van der Waals surface area contributed by atoms with Gasteiger partial charge in [-0.1, -0.05) is 24.3 Å². The molecule has 2 aliphatic rings. The van der Waals surface area contributed by atoms with Crippen LogP contribution in [0.2, 0.25) is 0 Å². The number of aromatic nitrogens is 1. The highest BCUT2D eigenvalue weighted by Gasteiger charge is 2.36. The number of aryl methyl sites for hydroxylation is 2. The predicted octanol–water partition coefficient (Wildman–Crippen LogP) is 3.85. The summed E-state index contributed by atoms with van der Waals surface area (Å²) in [6.45, 7) is 0. The van der Waals surface area contributed by atoms with Gasteiger partial charge in [-0.3, -0.25) is 4.79 Å². The van der Waals surface area contributed by atoms with Gasteiger partial charge in [-0.15, -0.1) is 0 Å². The van der Waals surface area contributed by atoms with Gasteiger partial charge in [0.15, 0.2) is 9.84 Å². The standard InChI is InChI=1S/C24H25NO4S/c1-25-13-21(18-5-3-4-6-19(18)24(25)26)20-12-15(14-30(2,27)28)11-17-9-10-22(16-7-8-16)29-23(17)20/h3-6,11-13,16,22H,7-10,14H2,1-2H3. The smallest absolute Gasteiger partial charge is 0.258 e. The number of pyridine rings is 1. The van der Waals surface area contributed by atoms with Crippen molar-refractivity contribution < 1.29 is 13.2 Å². The van der Waals surface area contributed by atoms with Crippen LogP contribution >= 0.6 is 0 Å². The van der Waals surface area contributed by atoms with Crippen LogP contribution in [0, 0.1) is 5.92 Å². The minimum Gasteiger partial charge on any atom is -0.489 e. The Bertz CT molecular complexity index is 1320. The molecule has 1 fully saturated rings. The van der Waals surface area contributed by atoms with E-state index < -0.39 is 9.84 Å². The van der Waals surface area contributed by atoms with Crippen LogP contribution in [0.3, 0.4) is 0 Å². The highest BCUT2D eigenvalue weighted by atomic mass is 32.2. The third-order valence-corrected chi connectivity index (χ3v) is 7.01. The Hall–Kier alpha value is -2.60. The van der Waals surface area contributed by atoms with E-state index in [2.05, 4.69) is 0 Å². The Labute approximate surface area is 176 Å². The van der Waals surface area contributed by atoms with Gasteiger partial charge in [-0.2, -0.15) is 0 Å². The lowest BCUT2D eigenvalue weighted by Crippen LogP contribution is -2.25. The number of hydrogen-bond acceptors (Lipinski definition) is 4. The molecule has 156 valence electrons. The summed E-state index contributed by atoms with van der Waals surface area (Å²) in [5.74, 6) is 1.46. The minimum absolute atomic E-state index is 0.0109. The first-order valence-electron chi connectivity index (χ1n) is 10.4. The Morgan fingerprint density at radius 2 is 1.80 bits per heavy atom. The monoisotopic (exact) mass is 423 g/mol. The number of sulfone groups is 1. The zero-order valence-corrected chi connectivity index (χ0v) is 18.0. The topological polar surface area (TPSA) is 65.4 Å². The quantitative estimate of drug-likeness (QED) is 0.639. The molecule has 2 aromatic carbocycles. The molecule has 1 aromatic heterocycles. The van der Waals surface area contributed by atoms with Gasteiger partial charge in [0.25, 0.3) is 5.56 Å². The van der Waals surface area contributed by atoms with Gasteiger partial charge < -0.3 is 9.30 Å². The maximum Gasteiger partial charge on any atom is 0.258 e. The first kappa shape index (κ1) is 19.4. The molecule has 6 heteroatoms. The first-order valence-corrected chi connectivity index (χ1v) is 12.4. The summed E-state index contributed by atoms with van der Waals surface area (Å²) >= 11 is 0. The molecule has 3 aromatic rings. The van der Waals surface area contributed by atoms with Gasteiger partial charge in [-0.25, -0.2) is 8.42 Å². The van der Waals surface area contributed by atoms with Crippen molar-refractivity contribution in [3.63, 3.8) is 0 Å². The average molecular weight is 424 g/mol. The van der Waals surface area contributed by atoms with Crippen molar-refractivity contribution in [2.45, 2.75) is 37.5 Å². The van der Waals surface area contributed by atoms with Crippen molar-refractivity contribution in [2.24, 2.45) is 13.0 Å². The van der Waals surface area contributed by atoms with Crippen molar-refractivity contribution in [1.82, 2.24) is 4.57 Å². The summed E-state index contributed by atoms with van der Waals surface area (Å²) in [7, 11) is -1.42. The fraction of sp³-hybridized carbons (Fsp3) is 0.375. The first-order chi connectivity index (χ1) is 14.3. The van der Waals surface area contributed by atoms with Crippen molar-refractivity contribution in [2.75, 3.05) is 6.26 Å². The lowest BCUT2D eigenvalue weighted by atomic mass is 9.91. The molecule has 1 atom stereocenters. The zero-order chi connectivity index (χ0) is 21.0. The third kappa shape index (κ3) is 3.54. The number of hydrogen-bond donors (Lipinski definition) is 0. The molecule has 0 amide bonds. The number of rotatable bonds is 4. The summed E-state index contributed by atoms with van der Waals surface area (Å²) in [4.78, 5) is 12.7. The lowest BCUT2D eigenvalue weighted by Gasteiger charge is -2.29. The lowest BCUT2D eigenvalue weighted by molar-refractivity contribution is 0.152. The fourth-order valence-corrected chi connectivity index (χ4v) is 5.38. The summed E-state index contributed by atoms with van der Waals surface area (Å²) in [5, 5.41) is 1.51. The van der Waals surface area contributed by atoms with E-state index in [1.165, 1.54) is 19.1 Å². The third-order valence-electron chi connectivity index (χ3n) is 6.15. The molecule has 30 heavy (non-hydrogen) atoms. The molecular weight excluding hydrogens is 398 g/mol. The molecule has 0 saturated heterocycles. The molecule has 1 aliphatic heterocycles. The molecule has 0 bridgehead atoms. The number of benzene rings is 2. The molecule has 5 nitrogen and oxygen atoms in total. The van der Waals surface area contributed by atoms with Crippen molar-refractivity contribution in [3.05, 3.63) is 64.1 Å². The van der Waals surface area contributed by atoms with E-state index in [0.717, 1.165) is 46.2 Å².